The van der Waals surface area contributed by atoms with Crippen LogP contribution >= 0.6 is 0 Å². The van der Waals surface area contributed by atoms with Crippen LogP contribution in [0.3, 0.4) is 0 Å². The second-order valence-electron chi connectivity index (χ2n) is 2.67. The Labute approximate surface area is 85.4 Å². The molecule has 1 atom stereocenters. The molecule has 1 aromatic rings. The molecule has 0 aliphatic rings. The lowest BCUT2D eigenvalue weighted by Gasteiger charge is -2.08. The van der Waals surface area contributed by atoms with E-state index >= 15 is 0 Å². The molecule has 0 saturated carbocycles. The Hall–Kier alpha value is -1.82. The number of hydrogen-bond acceptors (Lipinski definition) is 6. The molecule has 0 radical (unpaired) electrons. The first-order valence-corrected chi connectivity index (χ1v) is 4.16. The van der Waals surface area contributed by atoms with E-state index in [-0.39, 0.29) is 12.6 Å². The van der Waals surface area contributed by atoms with E-state index in [2.05, 4.69) is 4.74 Å². The van der Waals surface area contributed by atoms with Gasteiger partial charge in [-0.15, -0.1) is 0 Å². The van der Waals surface area contributed by atoms with Gasteiger partial charge >= 0.3 is 11.9 Å². The minimum atomic E-state index is -1.51. The Balaban J connectivity index is 2.32. The molecule has 6 heteroatoms. The molecule has 0 amide bonds. The maximum absolute atomic E-state index is 10.9. The van der Waals surface area contributed by atoms with Crippen LogP contribution in [0.5, 0.6) is 5.95 Å². The first-order valence-electron chi connectivity index (χ1n) is 4.16. The monoisotopic (exact) mass is 214 g/mol. The van der Waals surface area contributed by atoms with E-state index < -0.39 is 18.0 Å². The summed E-state index contributed by atoms with van der Waals surface area (Å²) >= 11 is 0. The Bertz CT molecular complexity index is 328. The largest absolute Gasteiger partial charge is 0.462 e. The Kier molecular flexibility index (Phi) is 3.87. The highest BCUT2D eigenvalue weighted by atomic mass is 16.6. The number of rotatable bonds is 4. The fraction of sp³-hybridized carbons (Fsp3) is 0.333. The van der Waals surface area contributed by atoms with E-state index in [1.165, 1.54) is 12.3 Å². The molecule has 0 aliphatic heterocycles. The van der Waals surface area contributed by atoms with Gasteiger partial charge in [-0.2, -0.15) is 0 Å². The highest BCUT2D eigenvalue weighted by Crippen LogP contribution is 2.10. The van der Waals surface area contributed by atoms with Gasteiger partial charge in [-0.1, -0.05) is 0 Å². The zero-order chi connectivity index (χ0) is 11.3. The molecule has 0 spiro atoms. The van der Waals surface area contributed by atoms with Crippen molar-refractivity contribution in [2.24, 2.45) is 0 Å². The smallest absolute Gasteiger partial charge is 0.346 e. The number of ether oxygens (including phenoxy) is 2. The van der Waals surface area contributed by atoms with Crippen LogP contribution < -0.4 is 4.74 Å². The molecule has 0 aromatic carbocycles. The Morgan fingerprint density at radius 1 is 1.60 bits per heavy atom. The lowest BCUT2D eigenvalue weighted by molar-refractivity contribution is -0.165. The number of aliphatic hydroxyl groups excluding tert-OH is 1. The predicted molar refractivity (Wildman–Crippen MR) is 47.0 cm³/mol. The molecule has 1 rings (SSSR count). The van der Waals surface area contributed by atoms with Crippen LogP contribution in [-0.2, 0) is 14.3 Å². The van der Waals surface area contributed by atoms with Gasteiger partial charge in [0.25, 0.3) is 5.95 Å². The molecule has 1 N–H and O–H groups in total. The third-order valence-electron chi connectivity index (χ3n) is 1.39. The minimum absolute atomic E-state index is 0.171. The number of esters is 2. The van der Waals surface area contributed by atoms with Crippen LogP contribution in [-0.4, -0.2) is 29.8 Å². The van der Waals surface area contributed by atoms with Crippen molar-refractivity contribution >= 4 is 11.9 Å². The van der Waals surface area contributed by atoms with Crippen molar-refractivity contribution in [3.8, 4) is 5.95 Å². The zero-order valence-electron chi connectivity index (χ0n) is 8.00. The molecule has 0 bridgehead atoms. The highest BCUT2D eigenvalue weighted by molar-refractivity contribution is 5.86. The summed E-state index contributed by atoms with van der Waals surface area (Å²) in [7, 11) is 0. The summed E-state index contributed by atoms with van der Waals surface area (Å²) in [6.07, 6.45) is -0.130. The lowest BCUT2D eigenvalue weighted by atomic mass is 10.4. The van der Waals surface area contributed by atoms with Crippen molar-refractivity contribution in [1.82, 2.24) is 0 Å². The Morgan fingerprint density at radius 3 is 2.87 bits per heavy atom. The fourth-order valence-electron chi connectivity index (χ4n) is 0.784. The highest BCUT2D eigenvalue weighted by Gasteiger charge is 2.19. The van der Waals surface area contributed by atoms with Crippen molar-refractivity contribution in [2.45, 2.75) is 13.0 Å². The van der Waals surface area contributed by atoms with Crippen molar-refractivity contribution in [2.75, 3.05) is 6.61 Å². The maximum atomic E-state index is 10.9. The molecule has 1 aromatic heterocycles. The van der Waals surface area contributed by atoms with Crippen molar-refractivity contribution in [3.63, 3.8) is 0 Å². The standard InChI is InChI=1S/C9H10O6/c1-6(10)15-9(12)7(11)5-14-8-3-2-4-13-8/h2-4,7,11H,5H2,1H3. The first-order chi connectivity index (χ1) is 7.09. The van der Waals surface area contributed by atoms with Gasteiger partial charge in [0.15, 0.2) is 6.10 Å². The summed E-state index contributed by atoms with van der Waals surface area (Å²) in [5.74, 6) is -1.66. The number of carbonyl (C=O) groups excluding carboxylic acids is 2. The first kappa shape index (κ1) is 11.3. The third kappa shape index (κ3) is 3.82. The summed E-state index contributed by atoms with van der Waals surface area (Å²) in [6.45, 7) is 0.734. The molecule has 0 saturated heterocycles. The van der Waals surface area contributed by atoms with E-state index in [1.807, 2.05) is 0 Å². The van der Waals surface area contributed by atoms with Crippen LogP contribution in [0.1, 0.15) is 6.92 Å². The SMILES string of the molecule is CC(=O)OC(=O)C(O)COc1ccco1. The number of aliphatic hydroxyl groups is 1. The average Bonchev–Trinajstić information content (AvgIpc) is 2.65. The molecular weight excluding hydrogens is 204 g/mol. The zero-order valence-corrected chi connectivity index (χ0v) is 8.00. The van der Waals surface area contributed by atoms with E-state index in [0.29, 0.717) is 0 Å². The van der Waals surface area contributed by atoms with E-state index in [1.54, 1.807) is 6.07 Å². The molecule has 82 valence electrons. The van der Waals surface area contributed by atoms with Crippen LogP contribution in [0.15, 0.2) is 22.8 Å². The summed E-state index contributed by atoms with van der Waals surface area (Å²) in [5, 5.41) is 9.17. The Morgan fingerprint density at radius 2 is 2.33 bits per heavy atom. The summed E-state index contributed by atoms with van der Waals surface area (Å²) < 4.78 is 13.8. The van der Waals surface area contributed by atoms with Gasteiger partial charge in [-0.05, 0) is 6.07 Å². The van der Waals surface area contributed by atoms with Crippen molar-refractivity contribution in [3.05, 3.63) is 18.4 Å². The normalized spacial score (nSPS) is 11.9. The van der Waals surface area contributed by atoms with Gasteiger partial charge in [-0.3, -0.25) is 4.79 Å². The van der Waals surface area contributed by atoms with E-state index in [0.717, 1.165) is 6.92 Å². The van der Waals surface area contributed by atoms with Gasteiger partial charge in [0, 0.05) is 13.0 Å². The number of furan rings is 1. The van der Waals surface area contributed by atoms with Gasteiger partial charge < -0.3 is 19.0 Å². The maximum Gasteiger partial charge on any atom is 0.346 e. The van der Waals surface area contributed by atoms with Gasteiger partial charge in [0.1, 0.15) is 6.61 Å². The summed E-state index contributed by atoms with van der Waals surface area (Å²) in [4.78, 5) is 21.3. The molecule has 6 nitrogen and oxygen atoms in total. The molecular formula is C9H10O6. The van der Waals surface area contributed by atoms with Gasteiger partial charge in [0.2, 0.25) is 0 Å². The fourth-order valence-corrected chi connectivity index (χ4v) is 0.784. The number of hydrogen-bond donors (Lipinski definition) is 1. The van der Waals surface area contributed by atoms with Gasteiger partial charge in [-0.25, -0.2) is 4.79 Å². The molecule has 1 heterocycles. The summed E-state index contributed by atoms with van der Waals surface area (Å²) in [5.41, 5.74) is 0. The van der Waals surface area contributed by atoms with Gasteiger partial charge in [0.05, 0.1) is 6.26 Å². The molecule has 0 fully saturated rings. The average molecular weight is 214 g/mol. The number of carbonyl (C=O) groups is 2. The predicted octanol–water partition coefficient (Wildman–Crippen LogP) is 0.109. The lowest BCUT2D eigenvalue weighted by Crippen LogP contribution is -2.30. The van der Waals surface area contributed by atoms with E-state index in [4.69, 9.17) is 9.15 Å². The van der Waals surface area contributed by atoms with Crippen LogP contribution in [0.2, 0.25) is 0 Å². The van der Waals surface area contributed by atoms with Crippen LogP contribution in [0.4, 0.5) is 0 Å². The van der Waals surface area contributed by atoms with E-state index in [9.17, 15) is 14.7 Å². The summed E-state index contributed by atoms with van der Waals surface area (Å²) in [6, 6.07) is 3.11. The van der Waals surface area contributed by atoms with Crippen LogP contribution in [0.25, 0.3) is 0 Å². The molecule has 0 aliphatic carbocycles. The van der Waals surface area contributed by atoms with Crippen LogP contribution in [0, 0.1) is 0 Å². The second-order valence-corrected chi connectivity index (χ2v) is 2.67. The van der Waals surface area contributed by atoms with Crippen molar-refractivity contribution in [1.29, 1.82) is 0 Å². The second kappa shape index (κ2) is 5.16. The minimum Gasteiger partial charge on any atom is -0.462 e. The quantitative estimate of drug-likeness (QED) is 0.565. The van der Waals surface area contributed by atoms with Crippen molar-refractivity contribution < 1.29 is 28.6 Å². The molecule has 1 unspecified atom stereocenters. The topological polar surface area (TPSA) is 86.0 Å². The third-order valence-corrected chi connectivity index (χ3v) is 1.39. The molecule has 15 heavy (non-hydrogen) atoms.